The van der Waals surface area contributed by atoms with Crippen LogP contribution in [0.2, 0.25) is 0 Å². The molecular weight excluding hydrogens is 463 g/mol. The number of fused-ring (bicyclic) bond motifs is 1. The summed E-state index contributed by atoms with van der Waals surface area (Å²) in [5.74, 6) is 0.0540. The Morgan fingerprint density at radius 3 is 2.63 bits per heavy atom. The standard InChI is InChI=1S/C23H26F3N7O2/c1-13-15(4-3-5-17(13)23(24,25)26)10-19-18(12-29-14(2)34)30-22-16(21(27)28)11-20(31-33(19)22)32-6-8-35-9-7-32/h3-5,11H,6-10,12H2,1-2H3,(H3,27,28)(H,29,34). The van der Waals surface area contributed by atoms with Crippen LogP contribution in [0.5, 0.6) is 0 Å². The third-order valence-electron chi connectivity index (χ3n) is 5.99. The van der Waals surface area contributed by atoms with E-state index in [2.05, 4.69) is 10.3 Å². The number of amidine groups is 1. The minimum atomic E-state index is -4.48. The third-order valence-corrected chi connectivity index (χ3v) is 5.99. The van der Waals surface area contributed by atoms with Crippen molar-refractivity contribution in [1.29, 1.82) is 5.41 Å². The number of morpholine rings is 1. The van der Waals surface area contributed by atoms with E-state index in [0.717, 1.165) is 6.07 Å². The van der Waals surface area contributed by atoms with Gasteiger partial charge in [-0.25, -0.2) is 9.50 Å². The lowest BCUT2D eigenvalue weighted by atomic mass is 9.98. The Labute approximate surface area is 199 Å². The first-order valence-corrected chi connectivity index (χ1v) is 11.0. The van der Waals surface area contributed by atoms with Crippen molar-refractivity contribution in [2.24, 2.45) is 5.73 Å². The van der Waals surface area contributed by atoms with Gasteiger partial charge >= 0.3 is 6.18 Å². The van der Waals surface area contributed by atoms with Crippen LogP contribution in [0.3, 0.4) is 0 Å². The molecule has 0 spiro atoms. The Hall–Kier alpha value is -3.67. The van der Waals surface area contributed by atoms with E-state index in [1.165, 1.54) is 24.4 Å². The number of halogens is 3. The first-order valence-electron chi connectivity index (χ1n) is 11.0. The molecule has 0 unspecified atom stereocenters. The lowest BCUT2D eigenvalue weighted by Crippen LogP contribution is -2.37. The number of carbonyl (C=O) groups excluding carboxylic acids is 1. The summed E-state index contributed by atoms with van der Waals surface area (Å²) < 4.78 is 47.5. The molecule has 1 aliphatic rings. The SMILES string of the molecule is CC(=O)NCc1nc2c(C(=N)N)cc(N3CCOCC3)nn2c1Cc1cccc(C(F)(F)F)c1C. The Balaban J connectivity index is 1.89. The van der Waals surface area contributed by atoms with E-state index in [1.807, 2.05) is 4.90 Å². The quantitative estimate of drug-likeness (QED) is 0.361. The molecule has 1 amide bonds. The Morgan fingerprint density at radius 2 is 2.00 bits per heavy atom. The van der Waals surface area contributed by atoms with Crippen molar-refractivity contribution in [2.75, 3.05) is 31.2 Å². The van der Waals surface area contributed by atoms with Crippen LogP contribution >= 0.6 is 0 Å². The van der Waals surface area contributed by atoms with Gasteiger partial charge in [0, 0.05) is 26.4 Å². The van der Waals surface area contributed by atoms with Crippen LogP contribution in [0, 0.1) is 12.3 Å². The van der Waals surface area contributed by atoms with E-state index in [4.69, 9.17) is 21.0 Å². The number of aromatic nitrogens is 3. The van der Waals surface area contributed by atoms with E-state index >= 15 is 0 Å². The predicted octanol–water partition coefficient (Wildman–Crippen LogP) is 2.40. The molecule has 1 aromatic carbocycles. The summed E-state index contributed by atoms with van der Waals surface area (Å²) in [6, 6.07) is 5.73. The fraction of sp³-hybridized carbons (Fsp3) is 0.391. The molecule has 1 aliphatic heterocycles. The van der Waals surface area contributed by atoms with Crippen LogP contribution in [0.15, 0.2) is 24.3 Å². The number of nitrogens with zero attached hydrogens (tertiary/aromatic N) is 4. The van der Waals surface area contributed by atoms with Crippen LogP contribution < -0.4 is 16.0 Å². The molecular formula is C23H26F3N7O2. The maximum absolute atomic E-state index is 13.5. The molecule has 2 aromatic heterocycles. The average molecular weight is 490 g/mol. The molecule has 3 aromatic rings. The molecule has 9 nitrogen and oxygen atoms in total. The molecule has 35 heavy (non-hydrogen) atoms. The summed E-state index contributed by atoms with van der Waals surface area (Å²) in [6.07, 6.45) is -4.40. The lowest BCUT2D eigenvalue weighted by molar-refractivity contribution is -0.138. The number of benzene rings is 1. The van der Waals surface area contributed by atoms with E-state index in [-0.39, 0.29) is 30.3 Å². The van der Waals surface area contributed by atoms with Gasteiger partial charge in [-0.15, -0.1) is 5.10 Å². The molecule has 3 heterocycles. The highest BCUT2D eigenvalue weighted by Crippen LogP contribution is 2.34. The van der Waals surface area contributed by atoms with Gasteiger partial charge in [0.2, 0.25) is 5.91 Å². The van der Waals surface area contributed by atoms with Gasteiger partial charge in [-0.3, -0.25) is 10.2 Å². The topological polar surface area (TPSA) is 122 Å². The summed E-state index contributed by atoms with van der Waals surface area (Å²) in [4.78, 5) is 18.2. The monoisotopic (exact) mass is 489 g/mol. The minimum Gasteiger partial charge on any atom is -0.384 e. The van der Waals surface area contributed by atoms with Crippen LogP contribution in [-0.4, -0.2) is 52.6 Å². The number of ether oxygens (including phenoxy) is 1. The fourth-order valence-electron chi connectivity index (χ4n) is 4.13. The Kier molecular flexibility index (Phi) is 6.66. The second kappa shape index (κ2) is 9.53. The number of carbonyl (C=O) groups is 1. The maximum atomic E-state index is 13.5. The number of amides is 1. The van der Waals surface area contributed by atoms with Crippen LogP contribution in [-0.2, 0) is 28.7 Å². The summed E-state index contributed by atoms with van der Waals surface area (Å²) in [5.41, 5.74) is 7.31. The van der Waals surface area contributed by atoms with Crippen molar-refractivity contribution < 1.29 is 22.7 Å². The highest BCUT2D eigenvalue weighted by atomic mass is 19.4. The van der Waals surface area contributed by atoms with Crippen molar-refractivity contribution in [2.45, 2.75) is 33.0 Å². The number of nitrogens with one attached hydrogen (secondary N) is 2. The van der Waals surface area contributed by atoms with Crippen molar-refractivity contribution in [3.8, 4) is 0 Å². The second-order valence-corrected chi connectivity index (χ2v) is 8.34. The average Bonchev–Trinajstić information content (AvgIpc) is 3.15. The van der Waals surface area contributed by atoms with Gasteiger partial charge in [0.25, 0.3) is 0 Å². The maximum Gasteiger partial charge on any atom is 0.416 e. The van der Waals surface area contributed by atoms with E-state index in [0.29, 0.717) is 60.3 Å². The molecule has 4 rings (SSSR count). The Morgan fingerprint density at radius 1 is 1.29 bits per heavy atom. The predicted molar refractivity (Wildman–Crippen MR) is 124 cm³/mol. The number of nitrogens with two attached hydrogens (primary N) is 1. The molecule has 12 heteroatoms. The number of anilines is 1. The van der Waals surface area contributed by atoms with E-state index < -0.39 is 11.7 Å². The van der Waals surface area contributed by atoms with Crippen molar-refractivity contribution in [3.05, 3.63) is 57.9 Å². The highest BCUT2D eigenvalue weighted by molar-refractivity contribution is 6.01. The van der Waals surface area contributed by atoms with Gasteiger partial charge in [0.05, 0.1) is 42.3 Å². The van der Waals surface area contributed by atoms with Gasteiger partial charge < -0.3 is 20.7 Å². The van der Waals surface area contributed by atoms with Crippen molar-refractivity contribution in [1.82, 2.24) is 19.9 Å². The van der Waals surface area contributed by atoms with Crippen molar-refractivity contribution in [3.63, 3.8) is 0 Å². The molecule has 1 saturated heterocycles. The zero-order valence-corrected chi connectivity index (χ0v) is 19.4. The number of nitrogen functional groups attached to an aromatic ring is 1. The fourth-order valence-corrected chi connectivity index (χ4v) is 4.13. The number of alkyl halides is 3. The molecule has 186 valence electrons. The molecule has 0 saturated carbocycles. The summed E-state index contributed by atoms with van der Waals surface area (Å²) in [5, 5.41) is 15.5. The zero-order chi connectivity index (χ0) is 25.3. The number of hydrogen-bond acceptors (Lipinski definition) is 6. The largest absolute Gasteiger partial charge is 0.416 e. The van der Waals surface area contributed by atoms with Crippen LogP contribution in [0.25, 0.3) is 5.65 Å². The van der Waals surface area contributed by atoms with Crippen LogP contribution in [0.1, 0.15) is 40.6 Å². The first kappa shape index (κ1) is 24.5. The molecule has 0 radical (unpaired) electrons. The zero-order valence-electron chi connectivity index (χ0n) is 19.4. The molecule has 0 bridgehead atoms. The molecule has 4 N–H and O–H groups in total. The summed E-state index contributed by atoms with van der Waals surface area (Å²) in [7, 11) is 0. The minimum absolute atomic E-state index is 0.0519. The number of hydrogen-bond donors (Lipinski definition) is 3. The van der Waals surface area contributed by atoms with E-state index in [1.54, 1.807) is 12.1 Å². The van der Waals surface area contributed by atoms with Crippen molar-refractivity contribution >= 4 is 23.2 Å². The highest BCUT2D eigenvalue weighted by Gasteiger charge is 2.33. The number of imidazole rings is 1. The van der Waals surface area contributed by atoms with Gasteiger partial charge in [-0.1, -0.05) is 12.1 Å². The van der Waals surface area contributed by atoms with Gasteiger partial charge in [-0.2, -0.15) is 13.2 Å². The van der Waals surface area contributed by atoms with Gasteiger partial charge in [-0.05, 0) is 30.2 Å². The number of rotatable bonds is 6. The van der Waals surface area contributed by atoms with E-state index in [9.17, 15) is 18.0 Å². The van der Waals surface area contributed by atoms with Crippen LogP contribution in [0.4, 0.5) is 19.0 Å². The molecule has 0 atom stereocenters. The van der Waals surface area contributed by atoms with Gasteiger partial charge in [0.15, 0.2) is 11.5 Å². The smallest absolute Gasteiger partial charge is 0.384 e. The third kappa shape index (κ3) is 5.06. The first-order chi connectivity index (χ1) is 16.6. The Bertz CT molecular complexity index is 1280. The lowest BCUT2D eigenvalue weighted by Gasteiger charge is -2.28. The summed E-state index contributed by atoms with van der Waals surface area (Å²) in [6.45, 7) is 5.06. The molecule has 0 aliphatic carbocycles. The van der Waals surface area contributed by atoms with Gasteiger partial charge in [0.1, 0.15) is 5.84 Å². The normalized spacial score (nSPS) is 14.4. The second-order valence-electron chi connectivity index (χ2n) is 8.34. The summed E-state index contributed by atoms with van der Waals surface area (Å²) >= 11 is 0. The molecule has 1 fully saturated rings.